The third-order valence-electron chi connectivity index (χ3n) is 6.27. The molecule has 1 aromatic carbocycles. The van der Waals surface area contributed by atoms with Crippen LogP contribution in [0.5, 0.6) is 0 Å². The number of likely N-dealkylation sites (tertiary alicyclic amines) is 1. The number of aryl methyl sites for hydroxylation is 2. The molecule has 2 atom stereocenters. The smallest absolute Gasteiger partial charge is 0.305 e. The van der Waals surface area contributed by atoms with Gasteiger partial charge in [-0.15, -0.1) is 0 Å². The maximum atomic E-state index is 13.7. The lowest BCUT2D eigenvalue weighted by atomic mass is 9.98. The lowest BCUT2D eigenvalue weighted by Crippen LogP contribution is -2.33. The van der Waals surface area contributed by atoms with Crippen LogP contribution in [0.3, 0.4) is 0 Å². The number of carbonyl (C=O) groups excluding carboxylic acids is 1. The van der Waals surface area contributed by atoms with E-state index in [1.54, 1.807) is 17.0 Å². The molecular weight excluding hydrogens is 397 g/mol. The highest BCUT2D eigenvalue weighted by molar-refractivity contribution is 5.82. The van der Waals surface area contributed by atoms with Crippen LogP contribution in [-0.2, 0) is 22.4 Å². The SMILES string of the molecule is O=C(O)C[C@@H](c1cccc(F)c1)N1CC[C@@H](CCCc2ccc3c(n2)NCCC3)C1=O. The summed E-state index contributed by atoms with van der Waals surface area (Å²) in [7, 11) is 0. The number of amides is 1. The number of hydrogen-bond donors (Lipinski definition) is 2. The molecule has 1 fully saturated rings. The second kappa shape index (κ2) is 9.45. The van der Waals surface area contributed by atoms with Gasteiger partial charge in [-0.05, 0) is 67.9 Å². The maximum absolute atomic E-state index is 13.7. The summed E-state index contributed by atoms with van der Waals surface area (Å²) in [5, 5.41) is 12.7. The molecule has 2 N–H and O–H groups in total. The van der Waals surface area contributed by atoms with E-state index < -0.39 is 17.8 Å². The number of pyridine rings is 1. The second-order valence-corrected chi connectivity index (χ2v) is 8.42. The number of aromatic nitrogens is 1. The van der Waals surface area contributed by atoms with Crippen LogP contribution in [0.25, 0.3) is 0 Å². The van der Waals surface area contributed by atoms with E-state index in [1.165, 1.54) is 17.7 Å². The lowest BCUT2D eigenvalue weighted by Gasteiger charge is -2.27. The Kier molecular flexibility index (Phi) is 6.49. The number of carbonyl (C=O) groups is 2. The van der Waals surface area contributed by atoms with E-state index in [4.69, 9.17) is 4.98 Å². The van der Waals surface area contributed by atoms with Gasteiger partial charge in [0.15, 0.2) is 0 Å². The summed E-state index contributed by atoms with van der Waals surface area (Å²) in [6, 6.07) is 9.46. The van der Waals surface area contributed by atoms with Crippen LogP contribution in [0.1, 0.15) is 55.0 Å². The average Bonchev–Trinajstić information content (AvgIpc) is 3.12. The highest BCUT2D eigenvalue weighted by Gasteiger charge is 2.37. The Morgan fingerprint density at radius 3 is 3.00 bits per heavy atom. The molecule has 2 aliphatic heterocycles. The van der Waals surface area contributed by atoms with Crippen LogP contribution < -0.4 is 5.32 Å². The Bertz CT molecular complexity index is 965. The zero-order valence-corrected chi connectivity index (χ0v) is 17.5. The first-order valence-corrected chi connectivity index (χ1v) is 11.0. The number of hydrogen-bond acceptors (Lipinski definition) is 4. The van der Waals surface area contributed by atoms with Crippen molar-refractivity contribution in [3.05, 3.63) is 59.0 Å². The summed E-state index contributed by atoms with van der Waals surface area (Å²) < 4.78 is 13.7. The zero-order chi connectivity index (χ0) is 21.8. The molecule has 0 radical (unpaired) electrons. The van der Waals surface area contributed by atoms with Crippen LogP contribution >= 0.6 is 0 Å². The molecule has 164 valence electrons. The minimum atomic E-state index is -1.00. The predicted molar refractivity (Wildman–Crippen MR) is 115 cm³/mol. The van der Waals surface area contributed by atoms with Crippen molar-refractivity contribution in [3.8, 4) is 0 Å². The molecule has 1 amide bonds. The van der Waals surface area contributed by atoms with Crippen LogP contribution in [0, 0.1) is 11.7 Å². The Labute approximate surface area is 181 Å². The van der Waals surface area contributed by atoms with E-state index in [2.05, 4.69) is 17.4 Å². The minimum absolute atomic E-state index is 0.0319. The van der Waals surface area contributed by atoms with E-state index in [9.17, 15) is 19.1 Å². The fraction of sp³-hybridized carbons (Fsp3) is 0.458. The van der Waals surface area contributed by atoms with Crippen molar-refractivity contribution in [2.24, 2.45) is 5.92 Å². The first-order valence-electron chi connectivity index (χ1n) is 11.0. The average molecular weight is 426 g/mol. The van der Waals surface area contributed by atoms with Gasteiger partial charge in [-0.2, -0.15) is 0 Å². The summed E-state index contributed by atoms with van der Waals surface area (Å²) in [6.45, 7) is 1.46. The van der Waals surface area contributed by atoms with Gasteiger partial charge in [-0.25, -0.2) is 9.37 Å². The van der Waals surface area contributed by atoms with Gasteiger partial charge in [-0.1, -0.05) is 18.2 Å². The monoisotopic (exact) mass is 425 g/mol. The van der Waals surface area contributed by atoms with Crippen molar-refractivity contribution in [1.29, 1.82) is 0 Å². The van der Waals surface area contributed by atoms with E-state index in [0.29, 0.717) is 18.5 Å². The molecule has 6 nitrogen and oxygen atoms in total. The summed E-state index contributed by atoms with van der Waals surface area (Å²) in [6.07, 6.45) is 5.06. The van der Waals surface area contributed by atoms with Gasteiger partial charge >= 0.3 is 5.97 Å². The van der Waals surface area contributed by atoms with Gasteiger partial charge < -0.3 is 15.3 Å². The fourth-order valence-corrected chi connectivity index (χ4v) is 4.67. The molecule has 0 spiro atoms. The third kappa shape index (κ3) is 5.03. The first-order chi connectivity index (χ1) is 15.0. The number of benzene rings is 1. The normalized spacial score (nSPS) is 19.1. The maximum Gasteiger partial charge on any atom is 0.305 e. The standard InChI is InChI=1S/C24H28FN3O3/c25-19-7-1-5-18(14-19)21(15-22(29)30)28-13-11-17(24(28)31)4-2-8-20-10-9-16-6-3-12-26-23(16)27-20/h1,5,7,9-10,14,17,21H,2-4,6,8,11-13,15H2,(H,26,27)(H,29,30)/t17-,21+/m1/s1. The van der Waals surface area contributed by atoms with Gasteiger partial charge in [0.05, 0.1) is 12.5 Å². The Morgan fingerprint density at radius 2 is 2.19 bits per heavy atom. The zero-order valence-electron chi connectivity index (χ0n) is 17.5. The van der Waals surface area contributed by atoms with Crippen LogP contribution in [-0.4, -0.2) is 40.0 Å². The van der Waals surface area contributed by atoms with E-state index in [-0.39, 0.29) is 18.2 Å². The molecular formula is C24H28FN3O3. The number of carboxylic acids is 1. The molecule has 7 heteroatoms. The van der Waals surface area contributed by atoms with E-state index in [0.717, 1.165) is 50.2 Å². The van der Waals surface area contributed by atoms with Gasteiger partial charge in [0.2, 0.25) is 5.91 Å². The molecule has 2 aliphatic rings. The molecule has 0 saturated carbocycles. The predicted octanol–water partition coefficient (Wildman–Crippen LogP) is 3.97. The Morgan fingerprint density at radius 1 is 1.32 bits per heavy atom. The highest BCUT2D eigenvalue weighted by atomic mass is 19.1. The topological polar surface area (TPSA) is 82.5 Å². The molecule has 0 unspecified atom stereocenters. The van der Waals surface area contributed by atoms with Gasteiger partial charge in [-0.3, -0.25) is 9.59 Å². The van der Waals surface area contributed by atoms with E-state index in [1.807, 2.05) is 0 Å². The summed E-state index contributed by atoms with van der Waals surface area (Å²) in [5.41, 5.74) is 2.82. The Hall–Kier alpha value is -2.96. The molecule has 3 heterocycles. The number of nitrogens with zero attached hydrogens (tertiary/aromatic N) is 2. The largest absolute Gasteiger partial charge is 0.481 e. The number of nitrogens with one attached hydrogen (secondary N) is 1. The molecule has 0 aliphatic carbocycles. The van der Waals surface area contributed by atoms with Crippen molar-refractivity contribution >= 4 is 17.7 Å². The number of rotatable bonds is 8. The number of fused-ring (bicyclic) bond motifs is 1. The van der Waals surface area contributed by atoms with Gasteiger partial charge in [0, 0.05) is 24.7 Å². The molecule has 31 heavy (non-hydrogen) atoms. The fourth-order valence-electron chi connectivity index (χ4n) is 4.67. The molecule has 4 rings (SSSR count). The van der Waals surface area contributed by atoms with Crippen molar-refractivity contribution in [1.82, 2.24) is 9.88 Å². The number of halogens is 1. The summed E-state index contributed by atoms with van der Waals surface area (Å²) >= 11 is 0. The molecule has 0 bridgehead atoms. The number of aliphatic carboxylic acids is 1. The second-order valence-electron chi connectivity index (χ2n) is 8.42. The van der Waals surface area contributed by atoms with Gasteiger partial charge in [0.25, 0.3) is 0 Å². The highest BCUT2D eigenvalue weighted by Crippen LogP contribution is 2.33. The summed E-state index contributed by atoms with van der Waals surface area (Å²) in [5.74, 6) is -0.601. The summed E-state index contributed by atoms with van der Waals surface area (Å²) in [4.78, 5) is 30.8. The molecule has 1 aromatic heterocycles. The number of carboxylic acid groups (broad SMARTS) is 1. The Balaban J connectivity index is 1.37. The third-order valence-corrected chi connectivity index (χ3v) is 6.27. The van der Waals surface area contributed by atoms with Crippen molar-refractivity contribution in [2.75, 3.05) is 18.4 Å². The van der Waals surface area contributed by atoms with Crippen molar-refractivity contribution in [2.45, 2.75) is 51.0 Å². The first kappa shape index (κ1) is 21.3. The van der Waals surface area contributed by atoms with Crippen LogP contribution in [0.2, 0.25) is 0 Å². The quantitative estimate of drug-likeness (QED) is 0.669. The number of anilines is 1. The lowest BCUT2D eigenvalue weighted by molar-refractivity contribution is -0.140. The van der Waals surface area contributed by atoms with E-state index >= 15 is 0 Å². The van der Waals surface area contributed by atoms with Gasteiger partial charge in [0.1, 0.15) is 11.6 Å². The minimum Gasteiger partial charge on any atom is -0.481 e. The van der Waals surface area contributed by atoms with Crippen LogP contribution in [0.15, 0.2) is 36.4 Å². The van der Waals surface area contributed by atoms with Crippen molar-refractivity contribution in [3.63, 3.8) is 0 Å². The van der Waals surface area contributed by atoms with Crippen LogP contribution in [0.4, 0.5) is 10.2 Å². The molecule has 2 aromatic rings. The molecule has 1 saturated heterocycles. The van der Waals surface area contributed by atoms with Crippen molar-refractivity contribution < 1.29 is 19.1 Å².